The van der Waals surface area contributed by atoms with Crippen LogP contribution >= 0.6 is 0 Å². The highest BCUT2D eigenvalue weighted by molar-refractivity contribution is 6.08. The molecule has 1 aliphatic rings. The van der Waals surface area contributed by atoms with Gasteiger partial charge in [0.2, 0.25) is 0 Å². The molecule has 0 aromatic heterocycles. The summed E-state index contributed by atoms with van der Waals surface area (Å²) >= 11 is 0. The summed E-state index contributed by atoms with van der Waals surface area (Å²) in [7, 11) is 4.66. The fourth-order valence-electron chi connectivity index (χ4n) is 4.65. The Labute approximate surface area is 210 Å². The van der Waals surface area contributed by atoms with Gasteiger partial charge in [-0.15, -0.1) is 0 Å². The van der Waals surface area contributed by atoms with E-state index in [0.29, 0.717) is 66.5 Å². The van der Waals surface area contributed by atoms with E-state index in [4.69, 9.17) is 14.2 Å². The number of piperidine rings is 1. The molecule has 3 aromatic carbocycles. The smallest absolute Gasteiger partial charge is 0.262 e. The van der Waals surface area contributed by atoms with Gasteiger partial charge in [-0.1, -0.05) is 18.2 Å². The summed E-state index contributed by atoms with van der Waals surface area (Å²) in [5.41, 5.74) is 1.61. The first-order valence-electron chi connectivity index (χ1n) is 11.8. The van der Waals surface area contributed by atoms with Crippen LogP contribution in [0.4, 0.5) is 14.5 Å². The van der Waals surface area contributed by atoms with E-state index in [2.05, 4.69) is 4.90 Å². The number of nitrogens with zero attached hydrogens (tertiary/aromatic N) is 2. The molecule has 36 heavy (non-hydrogen) atoms. The Hall–Kier alpha value is -3.65. The fraction of sp³-hybridized carbons (Fsp3) is 0.321. The van der Waals surface area contributed by atoms with E-state index in [-0.39, 0.29) is 11.9 Å². The SMILES string of the molecule is COc1ccc(N(C(=O)c2ccccc2OC)C2CCN(Cc3ccc(F)cc3F)CC2)cc1OC. The molecular weight excluding hydrogens is 466 g/mol. The van der Waals surface area contributed by atoms with E-state index in [0.717, 1.165) is 6.07 Å². The summed E-state index contributed by atoms with van der Waals surface area (Å²) in [4.78, 5) is 17.8. The summed E-state index contributed by atoms with van der Waals surface area (Å²) in [6.07, 6.45) is 1.36. The number of hydrogen-bond acceptors (Lipinski definition) is 5. The maximum Gasteiger partial charge on any atom is 0.262 e. The Morgan fingerprint density at radius 1 is 0.889 bits per heavy atom. The van der Waals surface area contributed by atoms with Gasteiger partial charge in [0.05, 0.1) is 26.9 Å². The highest BCUT2D eigenvalue weighted by Gasteiger charge is 2.32. The topological polar surface area (TPSA) is 51.2 Å². The number of likely N-dealkylation sites (tertiary alicyclic amines) is 1. The summed E-state index contributed by atoms with van der Waals surface area (Å²) < 4.78 is 43.8. The van der Waals surface area contributed by atoms with Crippen molar-refractivity contribution < 1.29 is 27.8 Å². The van der Waals surface area contributed by atoms with Gasteiger partial charge in [0.25, 0.3) is 5.91 Å². The quantitative estimate of drug-likeness (QED) is 0.424. The Bertz CT molecular complexity index is 1210. The zero-order chi connectivity index (χ0) is 25.7. The summed E-state index contributed by atoms with van der Waals surface area (Å²) in [6.45, 7) is 1.70. The van der Waals surface area contributed by atoms with Crippen LogP contribution in [0.1, 0.15) is 28.8 Å². The summed E-state index contributed by atoms with van der Waals surface area (Å²) in [5.74, 6) is 0.282. The molecule has 6 nitrogen and oxygen atoms in total. The van der Waals surface area contributed by atoms with Crippen LogP contribution in [-0.2, 0) is 6.54 Å². The third-order valence-electron chi connectivity index (χ3n) is 6.53. The number of hydrogen-bond donors (Lipinski definition) is 0. The molecule has 1 aliphatic heterocycles. The van der Waals surface area contributed by atoms with Crippen LogP contribution in [-0.4, -0.2) is 51.3 Å². The molecule has 0 N–H and O–H groups in total. The lowest BCUT2D eigenvalue weighted by Crippen LogP contribution is -2.47. The Kier molecular flexibility index (Phi) is 8.05. The molecule has 0 spiro atoms. The minimum atomic E-state index is -0.588. The first-order chi connectivity index (χ1) is 17.4. The molecule has 1 amide bonds. The number of rotatable bonds is 8. The molecule has 0 atom stereocenters. The molecule has 0 radical (unpaired) electrons. The van der Waals surface area contributed by atoms with Gasteiger partial charge in [-0.05, 0) is 43.2 Å². The number of carbonyl (C=O) groups is 1. The zero-order valence-corrected chi connectivity index (χ0v) is 20.7. The molecule has 0 unspecified atom stereocenters. The molecule has 0 bridgehead atoms. The van der Waals surface area contributed by atoms with Crippen molar-refractivity contribution in [3.63, 3.8) is 0 Å². The Morgan fingerprint density at radius 3 is 2.25 bits per heavy atom. The van der Waals surface area contributed by atoms with Crippen molar-refractivity contribution in [1.82, 2.24) is 4.90 Å². The van der Waals surface area contributed by atoms with Gasteiger partial charge in [0, 0.05) is 49.1 Å². The van der Waals surface area contributed by atoms with E-state index in [1.807, 2.05) is 18.2 Å². The van der Waals surface area contributed by atoms with E-state index >= 15 is 0 Å². The maximum absolute atomic E-state index is 14.2. The lowest BCUT2D eigenvalue weighted by molar-refractivity contribution is 0.0955. The molecule has 4 rings (SSSR count). The normalized spacial score (nSPS) is 14.4. The minimum Gasteiger partial charge on any atom is -0.496 e. The van der Waals surface area contributed by atoms with Gasteiger partial charge in [-0.25, -0.2) is 8.78 Å². The number of para-hydroxylation sites is 1. The highest BCUT2D eigenvalue weighted by Crippen LogP contribution is 2.35. The van der Waals surface area contributed by atoms with Gasteiger partial charge >= 0.3 is 0 Å². The molecule has 1 heterocycles. The van der Waals surface area contributed by atoms with Gasteiger partial charge in [0.1, 0.15) is 17.4 Å². The van der Waals surface area contributed by atoms with Crippen molar-refractivity contribution in [2.45, 2.75) is 25.4 Å². The van der Waals surface area contributed by atoms with Crippen molar-refractivity contribution in [1.29, 1.82) is 0 Å². The van der Waals surface area contributed by atoms with Crippen molar-refractivity contribution in [3.05, 3.63) is 83.4 Å². The van der Waals surface area contributed by atoms with Gasteiger partial charge < -0.3 is 19.1 Å². The van der Waals surface area contributed by atoms with Gasteiger partial charge in [-0.3, -0.25) is 9.69 Å². The summed E-state index contributed by atoms with van der Waals surface area (Å²) in [5, 5.41) is 0. The van der Waals surface area contributed by atoms with Crippen molar-refractivity contribution in [2.75, 3.05) is 39.3 Å². The van der Waals surface area contributed by atoms with Crippen molar-refractivity contribution >= 4 is 11.6 Å². The Morgan fingerprint density at radius 2 is 1.58 bits per heavy atom. The highest BCUT2D eigenvalue weighted by atomic mass is 19.1. The largest absolute Gasteiger partial charge is 0.496 e. The first-order valence-corrected chi connectivity index (χ1v) is 11.8. The number of carbonyl (C=O) groups excluding carboxylic acids is 1. The van der Waals surface area contributed by atoms with Crippen LogP contribution in [0.3, 0.4) is 0 Å². The molecule has 0 saturated carbocycles. The molecule has 3 aromatic rings. The number of methoxy groups -OCH3 is 3. The first kappa shape index (κ1) is 25.4. The second-order valence-electron chi connectivity index (χ2n) is 8.66. The molecule has 1 fully saturated rings. The van der Waals surface area contributed by atoms with Crippen LogP contribution < -0.4 is 19.1 Å². The van der Waals surface area contributed by atoms with E-state index in [1.165, 1.54) is 12.1 Å². The minimum absolute atomic E-state index is 0.102. The van der Waals surface area contributed by atoms with Crippen LogP contribution in [0.15, 0.2) is 60.7 Å². The van der Waals surface area contributed by atoms with Crippen LogP contribution in [0.25, 0.3) is 0 Å². The molecule has 8 heteroatoms. The lowest BCUT2D eigenvalue weighted by Gasteiger charge is -2.39. The average Bonchev–Trinajstić information content (AvgIpc) is 2.91. The van der Waals surface area contributed by atoms with E-state index in [1.54, 1.807) is 50.5 Å². The molecule has 1 saturated heterocycles. The van der Waals surface area contributed by atoms with Crippen LogP contribution in [0.2, 0.25) is 0 Å². The second-order valence-corrected chi connectivity index (χ2v) is 8.66. The summed E-state index contributed by atoms with van der Waals surface area (Å²) in [6, 6.07) is 16.1. The second kappa shape index (κ2) is 11.4. The third kappa shape index (κ3) is 5.44. The molecule has 190 valence electrons. The number of benzene rings is 3. The number of ether oxygens (including phenoxy) is 3. The van der Waals surface area contributed by atoms with E-state index < -0.39 is 11.6 Å². The predicted octanol–water partition coefficient (Wildman–Crippen LogP) is 5.30. The maximum atomic E-state index is 14.2. The standard InChI is InChI=1S/C28H30F2N2O4/c1-34-25-7-5-4-6-23(25)28(33)32(22-10-11-26(35-2)27(17-22)36-3)21-12-14-31(15-13-21)18-19-8-9-20(29)16-24(19)30/h4-11,16-17,21H,12-15,18H2,1-3H3. The molecular formula is C28H30F2N2O4. The fourth-order valence-corrected chi connectivity index (χ4v) is 4.65. The van der Waals surface area contributed by atoms with Gasteiger partial charge in [0.15, 0.2) is 11.5 Å². The molecule has 0 aliphatic carbocycles. The van der Waals surface area contributed by atoms with Crippen molar-refractivity contribution in [3.8, 4) is 17.2 Å². The Balaban J connectivity index is 1.60. The number of amides is 1. The lowest BCUT2D eigenvalue weighted by atomic mass is 9.99. The van der Waals surface area contributed by atoms with Crippen LogP contribution in [0.5, 0.6) is 17.2 Å². The number of anilines is 1. The number of halogens is 2. The van der Waals surface area contributed by atoms with Crippen molar-refractivity contribution in [2.24, 2.45) is 0 Å². The van der Waals surface area contributed by atoms with E-state index in [9.17, 15) is 13.6 Å². The average molecular weight is 497 g/mol. The third-order valence-corrected chi connectivity index (χ3v) is 6.53. The monoisotopic (exact) mass is 496 g/mol. The van der Waals surface area contributed by atoms with Gasteiger partial charge in [-0.2, -0.15) is 0 Å². The predicted molar refractivity (Wildman–Crippen MR) is 134 cm³/mol. The zero-order valence-electron chi connectivity index (χ0n) is 20.7. The van der Waals surface area contributed by atoms with Crippen LogP contribution in [0, 0.1) is 11.6 Å².